The zero-order valence-electron chi connectivity index (χ0n) is 13.1. The number of aryl methyl sites for hydroxylation is 1. The van der Waals surface area contributed by atoms with E-state index in [9.17, 15) is 9.50 Å². The van der Waals surface area contributed by atoms with Crippen molar-refractivity contribution >= 4 is 0 Å². The molecule has 1 aromatic carbocycles. The fraction of sp³-hybridized carbons (Fsp3) is 0.444. The standard InChI is InChI=1S/C18H24FNO2/c1-13(5-10-17-4-3-11-22-17)20-14(2)12-18(21)15-6-8-16(19)9-7-15/h3-4,6-9,11,13-14,18,20-21H,5,10,12H2,1-2H3. The smallest absolute Gasteiger partial charge is 0.123 e. The van der Waals surface area contributed by atoms with E-state index in [1.807, 2.05) is 12.1 Å². The molecule has 0 spiro atoms. The molecule has 4 heteroatoms. The topological polar surface area (TPSA) is 45.4 Å². The highest BCUT2D eigenvalue weighted by molar-refractivity contribution is 5.18. The predicted octanol–water partition coefficient (Wildman–Crippen LogP) is 3.84. The summed E-state index contributed by atoms with van der Waals surface area (Å²) in [6.07, 6.45) is 3.57. The number of rotatable bonds is 8. The third-order valence-electron chi connectivity index (χ3n) is 3.80. The molecule has 0 amide bonds. The first-order chi connectivity index (χ1) is 10.5. The van der Waals surface area contributed by atoms with Crippen LogP contribution in [0.25, 0.3) is 0 Å². The average molecular weight is 305 g/mol. The number of halogens is 1. The van der Waals surface area contributed by atoms with E-state index in [0.29, 0.717) is 12.5 Å². The number of hydrogen-bond donors (Lipinski definition) is 2. The molecule has 0 aliphatic rings. The highest BCUT2D eigenvalue weighted by Gasteiger charge is 2.14. The molecule has 1 heterocycles. The van der Waals surface area contributed by atoms with Crippen LogP contribution in [0.1, 0.15) is 44.1 Å². The molecule has 0 fully saturated rings. The second-order valence-corrected chi connectivity index (χ2v) is 5.89. The molecule has 3 nitrogen and oxygen atoms in total. The lowest BCUT2D eigenvalue weighted by Crippen LogP contribution is -2.35. The summed E-state index contributed by atoms with van der Waals surface area (Å²) in [5.74, 6) is 0.710. The van der Waals surface area contributed by atoms with E-state index in [-0.39, 0.29) is 11.9 Å². The van der Waals surface area contributed by atoms with Crippen molar-refractivity contribution in [3.8, 4) is 0 Å². The van der Waals surface area contributed by atoms with Crippen molar-refractivity contribution in [1.82, 2.24) is 5.32 Å². The van der Waals surface area contributed by atoms with E-state index < -0.39 is 6.10 Å². The van der Waals surface area contributed by atoms with Gasteiger partial charge in [-0.25, -0.2) is 4.39 Å². The van der Waals surface area contributed by atoms with Crippen molar-refractivity contribution in [2.45, 2.75) is 51.3 Å². The van der Waals surface area contributed by atoms with Crippen LogP contribution in [0, 0.1) is 5.82 Å². The molecule has 120 valence electrons. The molecule has 2 aromatic rings. The Kier molecular flexibility index (Phi) is 6.16. The van der Waals surface area contributed by atoms with Crippen molar-refractivity contribution in [2.75, 3.05) is 0 Å². The summed E-state index contributed by atoms with van der Waals surface area (Å²) in [5.41, 5.74) is 0.748. The van der Waals surface area contributed by atoms with Crippen LogP contribution in [0.3, 0.4) is 0 Å². The van der Waals surface area contributed by atoms with Gasteiger partial charge in [0.25, 0.3) is 0 Å². The Bertz CT molecular complexity index is 539. The summed E-state index contributed by atoms with van der Waals surface area (Å²) in [4.78, 5) is 0. The largest absolute Gasteiger partial charge is 0.469 e. The van der Waals surface area contributed by atoms with Gasteiger partial charge in [-0.2, -0.15) is 0 Å². The van der Waals surface area contributed by atoms with Gasteiger partial charge in [-0.15, -0.1) is 0 Å². The van der Waals surface area contributed by atoms with Crippen LogP contribution in [0.4, 0.5) is 4.39 Å². The van der Waals surface area contributed by atoms with Gasteiger partial charge in [-0.05, 0) is 56.5 Å². The SMILES string of the molecule is CC(CCc1ccco1)NC(C)CC(O)c1ccc(F)cc1. The second-order valence-electron chi connectivity index (χ2n) is 5.89. The van der Waals surface area contributed by atoms with E-state index in [4.69, 9.17) is 4.42 Å². The van der Waals surface area contributed by atoms with Gasteiger partial charge in [-0.1, -0.05) is 12.1 Å². The predicted molar refractivity (Wildman–Crippen MR) is 85.1 cm³/mol. The highest BCUT2D eigenvalue weighted by atomic mass is 19.1. The summed E-state index contributed by atoms with van der Waals surface area (Å²) in [6, 6.07) is 10.4. The Morgan fingerprint density at radius 2 is 1.86 bits per heavy atom. The van der Waals surface area contributed by atoms with Crippen LogP contribution in [0.15, 0.2) is 47.1 Å². The number of hydrogen-bond acceptors (Lipinski definition) is 3. The number of aliphatic hydroxyl groups is 1. The Hall–Kier alpha value is -1.65. The Morgan fingerprint density at radius 1 is 1.14 bits per heavy atom. The summed E-state index contributed by atoms with van der Waals surface area (Å²) in [7, 11) is 0. The normalized spacial score (nSPS) is 15.5. The number of aliphatic hydroxyl groups excluding tert-OH is 1. The third kappa shape index (κ3) is 5.28. The van der Waals surface area contributed by atoms with Crippen molar-refractivity contribution in [3.63, 3.8) is 0 Å². The van der Waals surface area contributed by atoms with Crippen LogP contribution < -0.4 is 5.32 Å². The van der Waals surface area contributed by atoms with Gasteiger partial charge >= 0.3 is 0 Å². The lowest BCUT2D eigenvalue weighted by atomic mass is 10.0. The summed E-state index contributed by atoms with van der Waals surface area (Å²) in [6.45, 7) is 4.18. The molecule has 0 aliphatic heterocycles. The lowest BCUT2D eigenvalue weighted by molar-refractivity contribution is 0.151. The first-order valence-corrected chi connectivity index (χ1v) is 7.76. The molecule has 0 aliphatic carbocycles. The molecule has 0 radical (unpaired) electrons. The van der Waals surface area contributed by atoms with Crippen LogP contribution >= 0.6 is 0 Å². The maximum Gasteiger partial charge on any atom is 0.123 e. The van der Waals surface area contributed by atoms with E-state index in [2.05, 4.69) is 19.2 Å². The zero-order valence-corrected chi connectivity index (χ0v) is 13.1. The van der Waals surface area contributed by atoms with Crippen LogP contribution in [0.5, 0.6) is 0 Å². The molecule has 3 atom stereocenters. The van der Waals surface area contributed by atoms with Gasteiger partial charge in [-0.3, -0.25) is 0 Å². The van der Waals surface area contributed by atoms with E-state index in [1.165, 1.54) is 12.1 Å². The van der Waals surface area contributed by atoms with Gasteiger partial charge in [0.05, 0.1) is 12.4 Å². The number of benzene rings is 1. The van der Waals surface area contributed by atoms with Crippen molar-refractivity contribution in [2.24, 2.45) is 0 Å². The first kappa shape index (κ1) is 16.7. The minimum Gasteiger partial charge on any atom is -0.469 e. The molecule has 0 saturated carbocycles. The molecule has 0 saturated heterocycles. The van der Waals surface area contributed by atoms with Gasteiger partial charge in [0.2, 0.25) is 0 Å². The Balaban J connectivity index is 1.74. The lowest BCUT2D eigenvalue weighted by Gasteiger charge is -2.22. The average Bonchev–Trinajstić information content (AvgIpc) is 2.99. The Morgan fingerprint density at radius 3 is 2.50 bits per heavy atom. The van der Waals surface area contributed by atoms with Crippen LogP contribution in [-0.2, 0) is 6.42 Å². The summed E-state index contributed by atoms with van der Waals surface area (Å²) in [5, 5.41) is 13.7. The number of furan rings is 1. The maximum absolute atomic E-state index is 12.9. The molecule has 0 bridgehead atoms. The van der Waals surface area contributed by atoms with Gasteiger partial charge < -0.3 is 14.8 Å². The molecular formula is C18H24FNO2. The molecule has 2 rings (SSSR count). The Labute approximate surface area is 131 Å². The quantitative estimate of drug-likeness (QED) is 0.779. The van der Waals surface area contributed by atoms with Crippen molar-refractivity contribution in [3.05, 3.63) is 59.8 Å². The van der Waals surface area contributed by atoms with E-state index >= 15 is 0 Å². The monoisotopic (exact) mass is 305 g/mol. The highest BCUT2D eigenvalue weighted by Crippen LogP contribution is 2.19. The fourth-order valence-corrected chi connectivity index (χ4v) is 2.61. The van der Waals surface area contributed by atoms with Gasteiger partial charge in [0, 0.05) is 18.5 Å². The second kappa shape index (κ2) is 8.11. The molecule has 1 aromatic heterocycles. The first-order valence-electron chi connectivity index (χ1n) is 7.76. The van der Waals surface area contributed by atoms with Gasteiger partial charge in [0.1, 0.15) is 11.6 Å². The third-order valence-corrected chi connectivity index (χ3v) is 3.80. The van der Waals surface area contributed by atoms with Crippen molar-refractivity contribution < 1.29 is 13.9 Å². The number of nitrogens with one attached hydrogen (secondary N) is 1. The van der Waals surface area contributed by atoms with E-state index in [1.54, 1.807) is 18.4 Å². The summed E-state index contributed by atoms with van der Waals surface area (Å²) >= 11 is 0. The van der Waals surface area contributed by atoms with Crippen molar-refractivity contribution in [1.29, 1.82) is 0 Å². The molecule has 22 heavy (non-hydrogen) atoms. The van der Waals surface area contributed by atoms with Crippen LogP contribution in [0.2, 0.25) is 0 Å². The fourth-order valence-electron chi connectivity index (χ4n) is 2.61. The minimum atomic E-state index is -0.583. The van der Waals surface area contributed by atoms with Gasteiger partial charge in [0.15, 0.2) is 0 Å². The maximum atomic E-state index is 12.9. The molecular weight excluding hydrogens is 281 g/mol. The van der Waals surface area contributed by atoms with Crippen LogP contribution in [-0.4, -0.2) is 17.2 Å². The van der Waals surface area contributed by atoms with E-state index in [0.717, 1.165) is 24.2 Å². The zero-order chi connectivity index (χ0) is 15.9. The minimum absolute atomic E-state index is 0.173. The molecule has 2 N–H and O–H groups in total. The molecule has 3 unspecified atom stereocenters. The summed E-state index contributed by atoms with van der Waals surface area (Å²) < 4.78 is 18.2.